The second-order valence-corrected chi connectivity index (χ2v) is 8.72. The van der Waals surface area contributed by atoms with E-state index in [0.717, 1.165) is 36.9 Å². The maximum atomic E-state index is 12.0. The van der Waals surface area contributed by atoms with Crippen molar-refractivity contribution in [3.63, 3.8) is 0 Å². The predicted octanol–water partition coefficient (Wildman–Crippen LogP) is 4.20. The summed E-state index contributed by atoms with van der Waals surface area (Å²) in [5, 5.41) is 7.69. The molecule has 1 saturated heterocycles. The molecule has 1 aromatic heterocycles. The molecule has 2 atom stereocenters. The standard InChI is InChI=1S/C22H31ClN4O2/c1-16-13-17(2)15-27(14-16)12-4-11-24-20(28)5-3-6-21-25-22(26-29-21)18-7-9-19(23)10-8-18/h7-10,16-17H,3-6,11-15H2,1-2H3,(H,24,28). The molecular weight excluding hydrogens is 388 g/mol. The van der Waals surface area contributed by atoms with Gasteiger partial charge < -0.3 is 14.7 Å². The predicted molar refractivity (Wildman–Crippen MR) is 115 cm³/mol. The van der Waals surface area contributed by atoms with Gasteiger partial charge >= 0.3 is 0 Å². The van der Waals surface area contributed by atoms with E-state index in [-0.39, 0.29) is 5.91 Å². The van der Waals surface area contributed by atoms with E-state index in [2.05, 4.69) is 34.2 Å². The highest BCUT2D eigenvalue weighted by molar-refractivity contribution is 6.30. The SMILES string of the molecule is CC1CC(C)CN(CCCNC(=O)CCCc2nc(-c3ccc(Cl)cc3)no2)C1. The van der Waals surface area contributed by atoms with Gasteiger partial charge in [0.2, 0.25) is 17.6 Å². The van der Waals surface area contributed by atoms with Crippen molar-refractivity contribution in [2.24, 2.45) is 11.8 Å². The highest BCUT2D eigenvalue weighted by Gasteiger charge is 2.21. The summed E-state index contributed by atoms with van der Waals surface area (Å²) in [5.74, 6) is 2.73. The first-order chi connectivity index (χ1) is 14.0. The van der Waals surface area contributed by atoms with Gasteiger partial charge in [-0.3, -0.25) is 4.79 Å². The normalized spacial score (nSPS) is 20.0. The number of carbonyl (C=O) groups excluding carboxylic acids is 1. The van der Waals surface area contributed by atoms with E-state index in [1.54, 1.807) is 12.1 Å². The second-order valence-electron chi connectivity index (χ2n) is 8.28. The highest BCUT2D eigenvalue weighted by Crippen LogP contribution is 2.21. The zero-order valence-electron chi connectivity index (χ0n) is 17.4. The molecule has 1 fully saturated rings. The van der Waals surface area contributed by atoms with Gasteiger partial charge in [0.15, 0.2) is 0 Å². The molecule has 0 spiro atoms. The van der Waals surface area contributed by atoms with Crippen LogP contribution in [0.1, 0.15) is 45.4 Å². The van der Waals surface area contributed by atoms with Crippen LogP contribution in [-0.2, 0) is 11.2 Å². The Labute approximate surface area is 178 Å². The summed E-state index contributed by atoms with van der Waals surface area (Å²) < 4.78 is 5.28. The topological polar surface area (TPSA) is 71.3 Å². The number of carbonyl (C=O) groups is 1. The van der Waals surface area contributed by atoms with Crippen LogP contribution in [0.4, 0.5) is 0 Å². The van der Waals surface area contributed by atoms with Gasteiger partial charge in [0.1, 0.15) is 0 Å². The molecule has 2 aromatic rings. The summed E-state index contributed by atoms with van der Waals surface area (Å²) in [7, 11) is 0. The van der Waals surface area contributed by atoms with Gasteiger partial charge in [0, 0.05) is 43.1 Å². The summed E-state index contributed by atoms with van der Waals surface area (Å²) in [6, 6.07) is 7.30. The van der Waals surface area contributed by atoms with Crippen molar-refractivity contribution in [3.8, 4) is 11.4 Å². The number of benzene rings is 1. The van der Waals surface area contributed by atoms with Crippen LogP contribution in [-0.4, -0.2) is 47.1 Å². The van der Waals surface area contributed by atoms with Crippen molar-refractivity contribution in [1.82, 2.24) is 20.4 Å². The van der Waals surface area contributed by atoms with Gasteiger partial charge in [0.25, 0.3) is 0 Å². The number of aromatic nitrogens is 2. The summed E-state index contributed by atoms with van der Waals surface area (Å²) in [5.41, 5.74) is 0.861. The van der Waals surface area contributed by atoms with Crippen LogP contribution in [0.15, 0.2) is 28.8 Å². The number of piperidine rings is 1. The minimum Gasteiger partial charge on any atom is -0.356 e. The number of nitrogens with zero attached hydrogens (tertiary/aromatic N) is 3. The molecule has 2 unspecified atom stereocenters. The lowest BCUT2D eigenvalue weighted by molar-refractivity contribution is -0.121. The molecule has 6 nitrogen and oxygen atoms in total. The molecule has 0 aliphatic carbocycles. The number of halogens is 1. The Bertz CT molecular complexity index is 767. The second kappa shape index (κ2) is 10.7. The van der Waals surface area contributed by atoms with Crippen molar-refractivity contribution >= 4 is 17.5 Å². The fourth-order valence-corrected chi connectivity index (χ4v) is 4.19. The smallest absolute Gasteiger partial charge is 0.226 e. The number of aryl methyl sites for hydroxylation is 1. The molecule has 0 radical (unpaired) electrons. The average molecular weight is 419 g/mol. The Morgan fingerprint density at radius 1 is 1.21 bits per heavy atom. The number of amides is 1. The number of hydrogen-bond donors (Lipinski definition) is 1. The molecule has 7 heteroatoms. The molecule has 2 heterocycles. The molecular formula is C22H31ClN4O2. The molecule has 29 heavy (non-hydrogen) atoms. The van der Waals surface area contributed by atoms with Crippen LogP contribution >= 0.6 is 11.6 Å². The molecule has 3 rings (SSSR count). The largest absolute Gasteiger partial charge is 0.356 e. The fraction of sp³-hybridized carbons (Fsp3) is 0.591. The van der Waals surface area contributed by atoms with Gasteiger partial charge in [0.05, 0.1) is 0 Å². The Morgan fingerprint density at radius 2 is 1.93 bits per heavy atom. The number of likely N-dealkylation sites (tertiary alicyclic amines) is 1. The van der Waals surface area contributed by atoms with Crippen molar-refractivity contribution in [1.29, 1.82) is 0 Å². The highest BCUT2D eigenvalue weighted by atomic mass is 35.5. The lowest BCUT2D eigenvalue weighted by atomic mass is 9.92. The Kier molecular flexibility index (Phi) is 8.07. The van der Waals surface area contributed by atoms with Crippen LogP contribution in [0.2, 0.25) is 5.02 Å². The monoisotopic (exact) mass is 418 g/mol. The quantitative estimate of drug-likeness (QED) is 0.618. The molecule has 1 amide bonds. The summed E-state index contributed by atoms with van der Waals surface area (Å²) >= 11 is 5.89. The van der Waals surface area contributed by atoms with Crippen LogP contribution in [0.25, 0.3) is 11.4 Å². The third-order valence-electron chi connectivity index (χ3n) is 5.28. The number of nitrogens with one attached hydrogen (secondary N) is 1. The van der Waals surface area contributed by atoms with Crippen LogP contribution in [0.3, 0.4) is 0 Å². The van der Waals surface area contributed by atoms with E-state index in [0.29, 0.717) is 36.0 Å². The lowest BCUT2D eigenvalue weighted by Gasteiger charge is -2.34. The average Bonchev–Trinajstić information content (AvgIpc) is 3.14. The van der Waals surface area contributed by atoms with Crippen LogP contribution in [0.5, 0.6) is 0 Å². The van der Waals surface area contributed by atoms with Crippen molar-refractivity contribution in [2.75, 3.05) is 26.2 Å². The van der Waals surface area contributed by atoms with Gasteiger partial charge in [-0.05, 0) is 61.9 Å². The van der Waals surface area contributed by atoms with E-state index in [1.165, 1.54) is 19.5 Å². The minimum absolute atomic E-state index is 0.0859. The van der Waals surface area contributed by atoms with Crippen molar-refractivity contribution in [2.45, 2.75) is 46.0 Å². The third-order valence-corrected chi connectivity index (χ3v) is 5.53. The van der Waals surface area contributed by atoms with Gasteiger partial charge in [-0.1, -0.05) is 30.6 Å². The molecule has 0 saturated carbocycles. The number of rotatable bonds is 9. The van der Waals surface area contributed by atoms with Crippen LogP contribution < -0.4 is 5.32 Å². The summed E-state index contributed by atoms with van der Waals surface area (Å²) in [6.45, 7) is 8.81. The lowest BCUT2D eigenvalue weighted by Crippen LogP contribution is -2.40. The van der Waals surface area contributed by atoms with E-state index in [1.807, 2.05) is 12.1 Å². The molecule has 1 aliphatic rings. The maximum Gasteiger partial charge on any atom is 0.226 e. The van der Waals surface area contributed by atoms with E-state index >= 15 is 0 Å². The zero-order chi connectivity index (χ0) is 20.6. The van der Waals surface area contributed by atoms with Crippen LogP contribution in [0, 0.1) is 11.8 Å². The van der Waals surface area contributed by atoms with Gasteiger partial charge in [-0.2, -0.15) is 4.98 Å². The molecule has 158 valence electrons. The van der Waals surface area contributed by atoms with E-state index in [9.17, 15) is 4.79 Å². The Morgan fingerprint density at radius 3 is 2.66 bits per heavy atom. The maximum absolute atomic E-state index is 12.0. The zero-order valence-corrected chi connectivity index (χ0v) is 18.1. The first-order valence-electron chi connectivity index (χ1n) is 10.6. The summed E-state index contributed by atoms with van der Waals surface area (Å²) in [4.78, 5) is 19.0. The van der Waals surface area contributed by atoms with E-state index in [4.69, 9.17) is 16.1 Å². The first kappa shape index (κ1) is 21.8. The molecule has 1 aromatic carbocycles. The third kappa shape index (κ3) is 7.12. The fourth-order valence-electron chi connectivity index (χ4n) is 4.07. The van der Waals surface area contributed by atoms with Crippen molar-refractivity contribution < 1.29 is 9.32 Å². The Hall–Kier alpha value is -1.92. The van der Waals surface area contributed by atoms with Crippen molar-refractivity contribution in [3.05, 3.63) is 35.2 Å². The molecule has 1 N–H and O–H groups in total. The van der Waals surface area contributed by atoms with Gasteiger partial charge in [-0.25, -0.2) is 0 Å². The number of hydrogen-bond acceptors (Lipinski definition) is 5. The molecule has 0 bridgehead atoms. The van der Waals surface area contributed by atoms with Gasteiger partial charge in [-0.15, -0.1) is 0 Å². The Balaban J connectivity index is 1.30. The molecule has 1 aliphatic heterocycles. The summed E-state index contributed by atoms with van der Waals surface area (Å²) in [6.07, 6.45) is 4.08. The first-order valence-corrected chi connectivity index (χ1v) is 10.9. The minimum atomic E-state index is 0.0859. The van der Waals surface area contributed by atoms with E-state index < -0.39 is 0 Å².